The van der Waals surface area contributed by atoms with Gasteiger partial charge in [0.05, 0.1) is 0 Å². The van der Waals surface area contributed by atoms with Crippen LogP contribution in [0.25, 0.3) is 25.2 Å². The van der Waals surface area contributed by atoms with Gasteiger partial charge >= 0.3 is 253 Å². The predicted molar refractivity (Wildman–Crippen MR) is 164 cm³/mol. The molecule has 0 heterocycles. The van der Waals surface area contributed by atoms with Crippen molar-refractivity contribution in [1.29, 1.82) is 0 Å². The molecule has 0 amide bonds. The van der Waals surface area contributed by atoms with Crippen molar-refractivity contribution in [2.45, 2.75) is 32.1 Å². The van der Waals surface area contributed by atoms with E-state index in [1.807, 2.05) is 0 Å². The second-order valence-corrected chi connectivity index (χ2v) is 12.1. The van der Waals surface area contributed by atoms with Crippen molar-refractivity contribution in [3.8, 4) is 0 Å². The second kappa shape index (κ2) is 13.6. The third-order valence-electron chi connectivity index (χ3n) is 8.49. The molecule has 7 rings (SSSR count). The number of aryl methyl sites for hydroxylation is 2. The second-order valence-electron chi connectivity index (χ2n) is 10.9. The summed E-state index contributed by atoms with van der Waals surface area (Å²) in [4.78, 5) is 0. The number of hydrogen-bond donors (Lipinski definition) is 0. The summed E-state index contributed by atoms with van der Waals surface area (Å²) in [6.45, 7) is 0. The number of halogens is 2. The van der Waals surface area contributed by atoms with Crippen molar-refractivity contribution in [2.75, 3.05) is 0 Å². The maximum absolute atomic E-state index is 2.37. The fraction of sp³-hybridized carbons (Fsp3) is 0.128. The molecule has 0 bridgehead atoms. The number of benzene rings is 5. The Morgan fingerprint density at radius 1 is 0.595 bits per heavy atom. The van der Waals surface area contributed by atoms with Gasteiger partial charge in [-0.3, -0.25) is 0 Å². The van der Waals surface area contributed by atoms with Gasteiger partial charge in [0.25, 0.3) is 0 Å². The van der Waals surface area contributed by atoms with Crippen LogP contribution in [0.3, 0.4) is 0 Å². The van der Waals surface area contributed by atoms with Crippen LogP contribution in [-0.2, 0) is 37.6 Å². The van der Waals surface area contributed by atoms with Crippen LogP contribution in [-0.4, -0.2) is 0 Å². The van der Waals surface area contributed by atoms with Crippen LogP contribution >= 0.6 is 0 Å². The van der Waals surface area contributed by atoms with Crippen LogP contribution in [0.15, 0.2) is 127 Å². The van der Waals surface area contributed by atoms with Crippen LogP contribution in [0, 0.1) is 10.4 Å². The normalized spacial score (nSPS) is 12.8. The summed E-state index contributed by atoms with van der Waals surface area (Å²) in [7, 11) is 0. The Labute approximate surface area is 275 Å². The zero-order valence-electron chi connectivity index (χ0n) is 23.4. The molecular weight excluding hydrogens is 631 g/mol. The maximum atomic E-state index is 2.37. The van der Waals surface area contributed by atoms with Crippen LogP contribution in [0.5, 0.6) is 0 Å². The molecule has 3 heteroatoms. The Bertz CT molecular complexity index is 1980. The molecule has 0 fully saturated rings. The summed E-state index contributed by atoms with van der Waals surface area (Å²) in [5, 5.41) is 8.60. The van der Waals surface area contributed by atoms with Gasteiger partial charge in [0.15, 0.2) is 0 Å². The molecule has 0 N–H and O–H groups in total. The summed E-state index contributed by atoms with van der Waals surface area (Å²) < 4.78 is 1.49. The van der Waals surface area contributed by atoms with Gasteiger partial charge in [0.2, 0.25) is 0 Å². The molecule has 0 spiro atoms. The number of fused-ring (bicyclic) bond motifs is 4. The van der Waals surface area contributed by atoms with Gasteiger partial charge in [0, 0.05) is 0 Å². The van der Waals surface area contributed by atoms with Crippen molar-refractivity contribution in [1.82, 2.24) is 0 Å². The first-order valence-electron chi connectivity index (χ1n) is 14.4. The van der Waals surface area contributed by atoms with Gasteiger partial charge in [-0.15, -0.1) is 0 Å². The third kappa shape index (κ3) is 5.68. The Balaban J connectivity index is 0.00000176. The molecule has 0 saturated heterocycles. The fourth-order valence-corrected chi connectivity index (χ4v) is 7.77. The van der Waals surface area contributed by atoms with Crippen LogP contribution < -0.4 is 35.3 Å². The third-order valence-corrected chi connectivity index (χ3v) is 9.77. The molecule has 0 atom stereocenters. The topological polar surface area (TPSA) is 0 Å². The molecule has 2 aliphatic rings. The molecule has 0 aliphatic heterocycles. The first kappa shape index (κ1) is 30.5. The predicted octanol–water partition coefficient (Wildman–Crippen LogP) is 1.91. The van der Waals surface area contributed by atoms with Crippen LogP contribution in [0.4, 0.5) is 0 Å². The zero-order valence-corrected chi connectivity index (χ0v) is 27.4. The van der Waals surface area contributed by atoms with E-state index in [1.165, 1.54) is 87.5 Å². The number of allylic oxidation sites excluding steroid dienone is 4. The first-order valence-corrected chi connectivity index (χ1v) is 15.6. The van der Waals surface area contributed by atoms with Crippen molar-refractivity contribution >= 4 is 25.2 Å². The molecule has 205 valence electrons. The monoisotopic (exact) mass is 659 g/mol. The number of rotatable bonds is 7. The molecular formula is C39H31Cl2Zr. The average Bonchev–Trinajstić information content (AvgIpc) is 3.65. The van der Waals surface area contributed by atoms with Crippen molar-refractivity contribution in [3.63, 3.8) is 0 Å². The summed E-state index contributed by atoms with van der Waals surface area (Å²) in [5.74, 6) is 0. The van der Waals surface area contributed by atoms with Gasteiger partial charge in [-0.05, 0) is 0 Å². The van der Waals surface area contributed by atoms with Gasteiger partial charge in [-0.25, -0.2) is 0 Å². The molecule has 0 unspecified atom stereocenters. The van der Waals surface area contributed by atoms with E-state index in [0.717, 1.165) is 32.1 Å². The molecule has 0 saturated carbocycles. The van der Waals surface area contributed by atoms with Crippen LogP contribution in [0.2, 0.25) is 0 Å². The van der Waals surface area contributed by atoms with Gasteiger partial charge < -0.3 is 24.8 Å². The minimum absolute atomic E-state index is 0. The van der Waals surface area contributed by atoms with E-state index in [-0.39, 0.29) is 24.8 Å². The van der Waals surface area contributed by atoms with Crippen molar-refractivity contribution < 1.29 is 49.5 Å². The SMILES string of the molecule is [Cl-].[Cl-].[Zr+2][C]1=c2ccccc2=c2c1c1ccccc1c(C1=CC=CC1)c2=C(CCc1ccccc1)CCc1ccccc1. The van der Waals surface area contributed by atoms with Crippen LogP contribution in [0.1, 0.15) is 41.5 Å². The van der Waals surface area contributed by atoms with E-state index >= 15 is 0 Å². The van der Waals surface area contributed by atoms with E-state index in [2.05, 4.69) is 127 Å². The number of hydrogen-bond acceptors (Lipinski definition) is 0. The van der Waals surface area contributed by atoms with Gasteiger partial charge in [0.1, 0.15) is 0 Å². The van der Waals surface area contributed by atoms with E-state index < -0.39 is 0 Å². The Hall–Kier alpha value is -2.96. The quantitative estimate of drug-likeness (QED) is 0.250. The van der Waals surface area contributed by atoms with E-state index in [0.29, 0.717) is 0 Å². The molecule has 0 nitrogen and oxygen atoms in total. The molecule has 5 aromatic rings. The van der Waals surface area contributed by atoms with E-state index in [1.54, 1.807) is 5.57 Å². The summed E-state index contributed by atoms with van der Waals surface area (Å²) >= 11 is 1.48. The molecule has 5 aromatic carbocycles. The van der Waals surface area contributed by atoms with Gasteiger partial charge in [-0.1, -0.05) is 0 Å². The molecule has 0 radical (unpaired) electrons. The van der Waals surface area contributed by atoms with E-state index in [4.69, 9.17) is 0 Å². The Morgan fingerprint density at radius 3 is 1.69 bits per heavy atom. The van der Waals surface area contributed by atoms with Crippen molar-refractivity contribution in [2.24, 2.45) is 0 Å². The first-order chi connectivity index (χ1) is 19.8. The summed E-state index contributed by atoms with van der Waals surface area (Å²) in [6.07, 6.45) is 12.1. The molecule has 2 aliphatic carbocycles. The van der Waals surface area contributed by atoms with Crippen molar-refractivity contribution in [3.05, 3.63) is 171 Å². The minimum atomic E-state index is 0. The van der Waals surface area contributed by atoms with Gasteiger partial charge in [-0.2, -0.15) is 0 Å². The molecule has 0 aromatic heterocycles. The fourth-order valence-electron chi connectivity index (χ4n) is 6.60. The molecule has 42 heavy (non-hydrogen) atoms. The summed E-state index contributed by atoms with van der Waals surface area (Å²) in [5.41, 5.74) is 8.77. The zero-order chi connectivity index (χ0) is 26.9. The van der Waals surface area contributed by atoms with E-state index in [9.17, 15) is 0 Å². The Kier molecular flexibility index (Phi) is 9.85. The average molecular weight is 662 g/mol. The summed E-state index contributed by atoms with van der Waals surface area (Å²) in [6, 6.07) is 40.3. The Morgan fingerprint density at radius 2 is 1.12 bits per heavy atom. The standard InChI is InChI=1S/C39H31.2ClH.Zr/c1-3-13-28(14-4-1)23-25-31(26-24-29-15-5-2-6-16-29)38-37(30-17-7-8-18-30)35-22-12-11-21-34(35)36-27-32-19-9-10-20-33(32)39(36)38;;;/h1-17,19-22H,18,23-26H2;2*1H;/q;;;+2/p-2.